The molecule has 0 amide bonds. The van der Waals surface area contributed by atoms with Crippen LogP contribution in [0, 0.1) is 0 Å². The summed E-state index contributed by atoms with van der Waals surface area (Å²) in [5.74, 6) is 0. The molecule has 3 heteroatoms. The molecular weight excluding hydrogens is 176 g/mol. The summed E-state index contributed by atoms with van der Waals surface area (Å²) in [6.45, 7) is 0. The molecule has 74 valence electrons. The number of aldehydes is 1. The Morgan fingerprint density at radius 2 is 2.36 bits per heavy atom. The lowest BCUT2D eigenvalue weighted by Crippen LogP contribution is -2.22. The predicted octanol–water partition coefficient (Wildman–Crippen LogP) is 1.32. The number of carbonyl (C=O) groups excluding carboxylic acids is 1. The summed E-state index contributed by atoms with van der Waals surface area (Å²) in [7, 11) is 0. The summed E-state index contributed by atoms with van der Waals surface area (Å²) < 4.78 is 0. The first kappa shape index (κ1) is 9.34. The highest BCUT2D eigenvalue weighted by molar-refractivity contribution is 5.71. The molecule has 0 saturated heterocycles. The number of aromatic nitrogens is 1. The van der Waals surface area contributed by atoms with Crippen molar-refractivity contribution >= 4 is 6.29 Å². The Labute approximate surface area is 83.3 Å². The normalized spacial score (nSPS) is 17.8. The molecule has 1 heterocycles. The zero-order chi connectivity index (χ0) is 10.0. The quantitative estimate of drug-likeness (QED) is 0.728. The van der Waals surface area contributed by atoms with E-state index >= 15 is 0 Å². The van der Waals surface area contributed by atoms with Crippen LogP contribution in [0.3, 0.4) is 0 Å². The standard InChI is InChI=1S/C11H14N2O/c12-11(4-5-11)3-1-9-2-6-13-10(7-9)8-14/h2,6-8H,1,3-5,12H2. The van der Waals surface area contributed by atoms with Gasteiger partial charge in [-0.05, 0) is 43.4 Å². The smallest absolute Gasteiger partial charge is 0.168 e. The van der Waals surface area contributed by atoms with E-state index in [2.05, 4.69) is 4.98 Å². The van der Waals surface area contributed by atoms with E-state index in [1.165, 1.54) is 0 Å². The van der Waals surface area contributed by atoms with Crippen LogP contribution in [0.4, 0.5) is 0 Å². The van der Waals surface area contributed by atoms with Crippen LogP contribution >= 0.6 is 0 Å². The first-order valence-electron chi connectivity index (χ1n) is 4.91. The van der Waals surface area contributed by atoms with Gasteiger partial charge >= 0.3 is 0 Å². The van der Waals surface area contributed by atoms with Gasteiger partial charge in [0.1, 0.15) is 5.69 Å². The third kappa shape index (κ3) is 2.17. The second kappa shape index (κ2) is 3.50. The second-order valence-corrected chi connectivity index (χ2v) is 4.07. The molecule has 2 N–H and O–H groups in total. The fourth-order valence-corrected chi connectivity index (χ4v) is 1.52. The maximum Gasteiger partial charge on any atom is 0.168 e. The first-order valence-corrected chi connectivity index (χ1v) is 4.91. The third-order valence-corrected chi connectivity index (χ3v) is 2.77. The van der Waals surface area contributed by atoms with Crippen LogP contribution in [0.25, 0.3) is 0 Å². The molecule has 0 aromatic carbocycles. The minimum atomic E-state index is 0.0879. The van der Waals surface area contributed by atoms with Crippen molar-refractivity contribution < 1.29 is 4.79 Å². The van der Waals surface area contributed by atoms with Crippen molar-refractivity contribution in [3.05, 3.63) is 29.6 Å². The summed E-state index contributed by atoms with van der Waals surface area (Å²) >= 11 is 0. The van der Waals surface area contributed by atoms with Gasteiger partial charge in [0.2, 0.25) is 0 Å². The Morgan fingerprint density at radius 1 is 1.57 bits per heavy atom. The molecule has 1 aromatic heterocycles. The lowest BCUT2D eigenvalue weighted by Gasteiger charge is -2.07. The lowest BCUT2D eigenvalue weighted by molar-refractivity contribution is 0.111. The van der Waals surface area contributed by atoms with Crippen LogP contribution in [0.1, 0.15) is 35.3 Å². The van der Waals surface area contributed by atoms with E-state index in [1.54, 1.807) is 6.20 Å². The van der Waals surface area contributed by atoms with Crippen LogP contribution < -0.4 is 5.73 Å². The topological polar surface area (TPSA) is 56.0 Å². The number of nitrogens with two attached hydrogens (primary N) is 1. The number of hydrogen-bond donors (Lipinski definition) is 1. The molecule has 1 fully saturated rings. The molecule has 0 aliphatic heterocycles. The fourth-order valence-electron chi connectivity index (χ4n) is 1.52. The van der Waals surface area contributed by atoms with E-state index in [1.807, 2.05) is 12.1 Å². The number of nitrogens with zero attached hydrogens (tertiary/aromatic N) is 1. The van der Waals surface area contributed by atoms with Crippen LogP contribution in [-0.2, 0) is 6.42 Å². The van der Waals surface area contributed by atoms with Gasteiger partial charge in [-0.25, -0.2) is 0 Å². The highest BCUT2D eigenvalue weighted by atomic mass is 16.1. The predicted molar refractivity (Wildman–Crippen MR) is 54.1 cm³/mol. The number of pyridine rings is 1. The number of hydrogen-bond acceptors (Lipinski definition) is 3. The van der Waals surface area contributed by atoms with Gasteiger partial charge in [-0.3, -0.25) is 9.78 Å². The highest BCUT2D eigenvalue weighted by Gasteiger charge is 2.37. The Kier molecular flexibility index (Phi) is 2.33. The van der Waals surface area contributed by atoms with Crippen molar-refractivity contribution in [2.45, 2.75) is 31.2 Å². The molecule has 1 aromatic rings. The molecule has 1 aliphatic rings. The average molecular weight is 190 g/mol. The molecule has 1 saturated carbocycles. The van der Waals surface area contributed by atoms with E-state index in [0.29, 0.717) is 5.69 Å². The van der Waals surface area contributed by atoms with E-state index in [-0.39, 0.29) is 5.54 Å². The Hall–Kier alpha value is -1.22. The van der Waals surface area contributed by atoms with E-state index < -0.39 is 0 Å². The maximum atomic E-state index is 10.5. The first-order chi connectivity index (χ1) is 6.72. The molecule has 2 rings (SSSR count). The van der Waals surface area contributed by atoms with Gasteiger partial charge in [0, 0.05) is 11.7 Å². The minimum Gasteiger partial charge on any atom is -0.325 e. The zero-order valence-corrected chi connectivity index (χ0v) is 8.07. The van der Waals surface area contributed by atoms with Crippen LogP contribution in [0.15, 0.2) is 18.3 Å². The fraction of sp³-hybridized carbons (Fsp3) is 0.455. The molecule has 0 radical (unpaired) electrons. The third-order valence-electron chi connectivity index (χ3n) is 2.77. The van der Waals surface area contributed by atoms with Gasteiger partial charge in [-0.15, -0.1) is 0 Å². The lowest BCUT2D eigenvalue weighted by atomic mass is 10.0. The van der Waals surface area contributed by atoms with Crippen molar-refractivity contribution in [1.29, 1.82) is 0 Å². The number of rotatable bonds is 4. The van der Waals surface area contributed by atoms with Gasteiger partial charge in [-0.1, -0.05) is 0 Å². The monoisotopic (exact) mass is 190 g/mol. The Bertz CT molecular complexity index is 345. The molecule has 0 bridgehead atoms. The molecule has 0 unspecified atom stereocenters. The molecule has 3 nitrogen and oxygen atoms in total. The van der Waals surface area contributed by atoms with E-state index in [0.717, 1.165) is 37.5 Å². The Morgan fingerprint density at radius 3 is 3.00 bits per heavy atom. The molecule has 14 heavy (non-hydrogen) atoms. The summed E-state index contributed by atoms with van der Waals surface area (Å²) in [6.07, 6.45) is 6.68. The number of aryl methyl sites for hydroxylation is 1. The largest absolute Gasteiger partial charge is 0.325 e. The summed E-state index contributed by atoms with van der Waals surface area (Å²) in [4.78, 5) is 14.4. The number of carbonyl (C=O) groups is 1. The van der Waals surface area contributed by atoms with E-state index in [4.69, 9.17) is 5.73 Å². The van der Waals surface area contributed by atoms with Gasteiger partial charge in [-0.2, -0.15) is 0 Å². The van der Waals surface area contributed by atoms with Gasteiger partial charge in [0.05, 0.1) is 0 Å². The van der Waals surface area contributed by atoms with Gasteiger partial charge in [0.15, 0.2) is 6.29 Å². The van der Waals surface area contributed by atoms with Crippen LogP contribution in [0.5, 0.6) is 0 Å². The van der Waals surface area contributed by atoms with Crippen molar-refractivity contribution in [2.24, 2.45) is 5.73 Å². The minimum absolute atomic E-state index is 0.0879. The van der Waals surface area contributed by atoms with Crippen molar-refractivity contribution in [3.8, 4) is 0 Å². The molecule has 1 aliphatic carbocycles. The van der Waals surface area contributed by atoms with Gasteiger partial charge < -0.3 is 5.73 Å². The summed E-state index contributed by atoms with van der Waals surface area (Å²) in [5.41, 5.74) is 7.72. The SMILES string of the molecule is NC1(CCc2ccnc(C=O)c2)CC1. The zero-order valence-electron chi connectivity index (χ0n) is 8.07. The highest BCUT2D eigenvalue weighted by Crippen LogP contribution is 2.36. The van der Waals surface area contributed by atoms with Crippen LogP contribution in [-0.4, -0.2) is 16.8 Å². The summed E-state index contributed by atoms with van der Waals surface area (Å²) in [5, 5.41) is 0. The van der Waals surface area contributed by atoms with E-state index in [9.17, 15) is 4.79 Å². The Balaban J connectivity index is 1.98. The van der Waals surface area contributed by atoms with Crippen LogP contribution in [0.2, 0.25) is 0 Å². The molecule has 0 spiro atoms. The average Bonchev–Trinajstić information content (AvgIpc) is 2.95. The maximum absolute atomic E-state index is 10.5. The summed E-state index contributed by atoms with van der Waals surface area (Å²) in [6, 6.07) is 3.78. The van der Waals surface area contributed by atoms with Crippen molar-refractivity contribution in [2.75, 3.05) is 0 Å². The van der Waals surface area contributed by atoms with Crippen molar-refractivity contribution in [1.82, 2.24) is 4.98 Å². The second-order valence-electron chi connectivity index (χ2n) is 4.07. The molecular formula is C11H14N2O. The molecule has 0 atom stereocenters. The van der Waals surface area contributed by atoms with Crippen molar-refractivity contribution in [3.63, 3.8) is 0 Å². The van der Waals surface area contributed by atoms with Gasteiger partial charge in [0.25, 0.3) is 0 Å².